The maximum absolute atomic E-state index is 13.9. The number of rotatable bonds is 4. The number of carbonyl (C=O) groups is 1. The van der Waals surface area contributed by atoms with Gasteiger partial charge in [-0.1, -0.05) is 52.3 Å². The first-order chi connectivity index (χ1) is 11.1. The number of fused-ring (bicyclic) bond motifs is 1. The fraction of sp³-hybridized carbons (Fsp3) is 0.105. The minimum absolute atomic E-state index is 0.0629. The number of Topliss-reactive ketones (excluding diaryl/α,β-unsaturated/α-hetero) is 1. The van der Waals surface area contributed by atoms with Gasteiger partial charge < -0.3 is 4.74 Å². The first-order valence-corrected chi connectivity index (χ1v) is 7.95. The molecule has 0 aromatic heterocycles. The van der Waals surface area contributed by atoms with Crippen molar-refractivity contribution in [1.82, 2.24) is 0 Å². The van der Waals surface area contributed by atoms with Crippen LogP contribution in [0.4, 0.5) is 4.39 Å². The lowest BCUT2D eigenvalue weighted by atomic mass is 10.0. The number of hydrogen-bond acceptors (Lipinski definition) is 2. The minimum Gasteiger partial charge on any atom is -0.487 e. The van der Waals surface area contributed by atoms with Gasteiger partial charge in [0.1, 0.15) is 18.2 Å². The van der Waals surface area contributed by atoms with Crippen LogP contribution in [0.2, 0.25) is 0 Å². The molecule has 0 aliphatic heterocycles. The second-order valence-corrected chi connectivity index (χ2v) is 6.16. The van der Waals surface area contributed by atoms with Crippen LogP contribution in [-0.2, 0) is 6.61 Å². The van der Waals surface area contributed by atoms with E-state index in [1.807, 2.05) is 30.3 Å². The highest BCUT2D eigenvalue weighted by Crippen LogP contribution is 2.31. The fourth-order valence-electron chi connectivity index (χ4n) is 2.46. The average molecular weight is 373 g/mol. The summed E-state index contributed by atoms with van der Waals surface area (Å²) in [5.41, 5.74) is 0.942. The molecule has 0 atom stereocenters. The molecule has 0 radical (unpaired) electrons. The van der Waals surface area contributed by atoms with Gasteiger partial charge >= 0.3 is 0 Å². The zero-order chi connectivity index (χ0) is 16.4. The van der Waals surface area contributed by atoms with Gasteiger partial charge in [0, 0.05) is 15.4 Å². The molecule has 0 saturated heterocycles. The third kappa shape index (κ3) is 3.27. The Morgan fingerprint density at radius 2 is 1.91 bits per heavy atom. The molecule has 0 aliphatic carbocycles. The Kier molecular flexibility index (Phi) is 4.44. The normalized spacial score (nSPS) is 10.7. The Balaban J connectivity index is 2.01. The minimum atomic E-state index is -0.344. The third-order valence-corrected chi connectivity index (χ3v) is 4.14. The summed E-state index contributed by atoms with van der Waals surface area (Å²) in [6, 6.07) is 16.1. The van der Waals surface area contributed by atoms with Crippen molar-refractivity contribution in [3.8, 4) is 5.75 Å². The molecule has 0 amide bonds. The van der Waals surface area contributed by atoms with Crippen LogP contribution in [-0.4, -0.2) is 5.78 Å². The molecule has 0 bridgehead atoms. The maximum Gasteiger partial charge on any atom is 0.163 e. The average Bonchev–Trinajstić information content (AvgIpc) is 2.53. The summed E-state index contributed by atoms with van der Waals surface area (Å²) in [6.45, 7) is 1.56. The topological polar surface area (TPSA) is 26.3 Å². The van der Waals surface area contributed by atoms with E-state index in [0.717, 1.165) is 10.8 Å². The molecule has 0 fully saturated rings. The van der Waals surface area contributed by atoms with E-state index in [9.17, 15) is 9.18 Å². The largest absolute Gasteiger partial charge is 0.487 e. The van der Waals surface area contributed by atoms with Gasteiger partial charge in [-0.3, -0.25) is 4.79 Å². The van der Waals surface area contributed by atoms with E-state index < -0.39 is 0 Å². The van der Waals surface area contributed by atoms with Gasteiger partial charge in [0.15, 0.2) is 5.78 Å². The van der Waals surface area contributed by atoms with Crippen molar-refractivity contribution in [3.05, 3.63) is 76.0 Å². The van der Waals surface area contributed by atoms with E-state index in [4.69, 9.17) is 4.74 Å². The van der Waals surface area contributed by atoms with Gasteiger partial charge in [-0.05, 0) is 30.5 Å². The molecule has 0 heterocycles. The third-order valence-electron chi connectivity index (χ3n) is 3.65. The lowest BCUT2D eigenvalue weighted by molar-refractivity contribution is 0.101. The molecule has 23 heavy (non-hydrogen) atoms. The molecule has 3 aromatic rings. The van der Waals surface area contributed by atoms with Crippen molar-refractivity contribution in [2.24, 2.45) is 0 Å². The second-order valence-electron chi connectivity index (χ2n) is 5.24. The SMILES string of the molecule is CC(=O)c1ccc2ccccc2c1OCc1ccc(Br)cc1F. The molecular weight excluding hydrogens is 359 g/mol. The van der Waals surface area contributed by atoms with Gasteiger partial charge in [0.25, 0.3) is 0 Å². The van der Waals surface area contributed by atoms with Crippen LogP contribution in [0.25, 0.3) is 10.8 Å². The molecule has 0 N–H and O–H groups in total. The summed E-state index contributed by atoms with van der Waals surface area (Å²) in [6.07, 6.45) is 0. The summed E-state index contributed by atoms with van der Waals surface area (Å²) in [7, 11) is 0. The van der Waals surface area contributed by atoms with E-state index in [1.54, 1.807) is 18.2 Å². The number of ketones is 1. The molecule has 116 valence electrons. The lowest BCUT2D eigenvalue weighted by Gasteiger charge is -2.13. The van der Waals surface area contributed by atoms with Crippen molar-refractivity contribution >= 4 is 32.5 Å². The summed E-state index contributed by atoms with van der Waals surface area (Å²) >= 11 is 3.23. The predicted molar refractivity (Wildman–Crippen MR) is 92.4 cm³/mol. The van der Waals surface area contributed by atoms with E-state index in [2.05, 4.69) is 15.9 Å². The van der Waals surface area contributed by atoms with Crippen molar-refractivity contribution < 1.29 is 13.9 Å². The second kappa shape index (κ2) is 6.50. The molecule has 3 rings (SSSR count). The zero-order valence-corrected chi connectivity index (χ0v) is 14.1. The smallest absolute Gasteiger partial charge is 0.163 e. The van der Waals surface area contributed by atoms with Gasteiger partial charge in [-0.15, -0.1) is 0 Å². The molecule has 0 saturated carbocycles. The molecule has 2 nitrogen and oxygen atoms in total. The van der Waals surface area contributed by atoms with E-state index in [1.165, 1.54) is 13.0 Å². The predicted octanol–water partition coefficient (Wildman–Crippen LogP) is 5.52. The van der Waals surface area contributed by atoms with Crippen molar-refractivity contribution in [1.29, 1.82) is 0 Å². The molecular formula is C19H14BrFO2. The van der Waals surface area contributed by atoms with Crippen molar-refractivity contribution in [2.45, 2.75) is 13.5 Å². The van der Waals surface area contributed by atoms with Crippen molar-refractivity contribution in [2.75, 3.05) is 0 Å². The molecule has 3 aromatic carbocycles. The van der Waals surface area contributed by atoms with Gasteiger partial charge in [0.2, 0.25) is 0 Å². The molecule has 0 spiro atoms. The number of ether oxygens (including phenoxy) is 1. The van der Waals surface area contributed by atoms with E-state index in [-0.39, 0.29) is 18.2 Å². The summed E-state index contributed by atoms with van der Waals surface area (Å²) in [4.78, 5) is 11.9. The maximum atomic E-state index is 13.9. The van der Waals surface area contributed by atoms with Crippen LogP contribution >= 0.6 is 15.9 Å². The molecule has 4 heteroatoms. The van der Waals surface area contributed by atoms with Crippen LogP contribution in [0, 0.1) is 5.82 Å². The van der Waals surface area contributed by atoms with E-state index in [0.29, 0.717) is 21.3 Å². The van der Waals surface area contributed by atoms with Crippen molar-refractivity contribution in [3.63, 3.8) is 0 Å². The van der Waals surface area contributed by atoms with Crippen LogP contribution < -0.4 is 4.74 Å². The Morgan fingerprint density at radius 3 is 2.65 bits per heavy atom. The Morgan fingerprint density at radius 1 is 1.13 bits per heavy atom. The van der Waals surface area contributed by atoms with Crippen LogP contribution in [0.3, 0.4) is 0 Å². The molecule has 0 aliphatic rings. The lowest BCUT2D eigenvalue weighted by Crippen LogP contribution is -2.04. The zero-order valence-electron chi connectivity index (χ0n) is 12.5. The number of halogens is 2. The fourth-order valence-corrected chi connectivity index (χ4v) is 2.80. The first-order valence-electron chi connectivity index (χ1n) is 7.15. The summed E-state index contributed by atoms with van der Waals surface area (Å²) in [5, 5.41) is 1.82. The standard InChI is InChI=1S/C19H14BrFO2/c1-12(22)16-9-7-13-4-2-3-5-17(13)19(16)23-11-14-6-8-15(20)10-18(14)21/h2-10H,11H2,1H3. The quantitative estimate of drug-likeness (QED) is 0.563. The Labute approximate surface area is 142 Å². The van der Waals surface area contributed by atoms with E-state index >= 15 is 0 Å². The van der Waals surface area contributed by atoms with Crippen LogP contribution in [0.1, 0.15) is 22.8 Å². The number of benzene rings is 3. The monoisotopic (exact) mass is 372 g/mol. The summed E-state index contributed by atoms with van der Waals surface area (Å²) in [5.74, 6) is 0.0731. The Hall–Kier alpha value is -2.20. The van der Waals surface area contributed by atoms with Gasteiger partial charge in [-0.2, -0.15) is 0 Å². The number of carbonyl (C=O) groups excluding carboxylic acids is 1. The highest BCUT2D eigenvalue weighted by molar-refractivity contribution is 9.10. The summed E-state index contributed by atoms with van der Waals surface area (Å²) < 4.78 is 20.5. The first kappa shape index (κ1) is 15.7. The molecule has 0 unspecified atom stereocenters. The Bertz CT molecular complexity index is 890. The van der Waals surface area contributed by atoms with Crippen LogP contribution in [0.15, 0.2) is 59.1 Å². The van der Waals surface area contributed by atoms with Crippen LogP contribution in [0.5, 0.6) is 5.75 Å². The highest BCUT2D eigenvalue weighted by Gasteiger charge is 2.13. The highest BCUT2D eigenvalue weighted by atomic mass is 79.9. The van der Waals surface area contributed by atoms with Gasteiger partial charge in [0.05, 0.1) is 5.56 Å². The van der Waals surface area contributed by atoms with Gasteiger partial charge in [-0.25, -0.2) is 4.39 Å². The number of hydrogen-bond donors (Lipinski definition) is 0.